The quantitative estimate of drug-likeness (QED) is 0.230. The molecule has 4 amide bonds. The number of benzene rings is 4. The molecule has 3 atom stereocenters. The van der Waals surface area contributed by atoms with Crippen molar-refractivity contribution in [2.24, 2.45) is 0 Å². The lowest BCUT2D eigenvalue weighted by Gasteiger charge is -2.28. The normalized spacial score (nSPS) is 20.3. The van der Waals surface area contributed by atoms with Gasteiger partial charge in [0.05, 0.1) is 4.90 Å². The van der Waals surface area contributed by atoms with Crippen LogP contribution in [-0.4, -0.2) is 88.0 Å². The summed E-state index contributed by atoms with van der Waals surface area (Å²) in [7, 11) is -1.63. The van der Waals surface area contributed by atoms with Gasteiger partial charge in [0.25, 0.3) is 0 Å². The Kier molecular flexibility index (Phi) is 14.4. The van der Waals surface area contributed by atoms with Crippen molar-refractivity contribution in [3.63, 3.8) is 0 Å². The zero-order chi connectivity index (χ0) is 41.2. The maximum atomic E-state index is 14.3. The molecule has 0 spiro atoms. The Balaban J connectivity index is 1.24. The number of carbonyl (C=O) groups excluding carboxylic acids is 4. The summed E-state index contributed by atoms with van der Waals surface area (Å²) in [5.41, 5.74) is 5.46. The molecule has 1 saturated heterocycles. The fraction of sp³-hybridized carbons (Fsp3) is 0.378. The van der Waals surface area contributed by atoms with Gasteiger partial charge in [-0.05, 0) is 104 Å². The maximum absolute atomic E-state index is 14.3. The largest absolute Gasteiger partial charge is 0.351 e. The number of halogens is 1. The van der Waals surface area contributed by atoms with Crippen LogP contribution in [0.15, 0.2) is 102 Å². The van der Waals surface area contributed by atoms with E-state index in [1.165, 1.54) is 10.5 Å². The topological polar surface area (TPSA) is 145 Å². The summed E-state index contributed by atoms with van der Waals surface area (Å²) in [4.78, 5) is 59.0. The number of anilines is 1. The number of sulfone groups is 1. The predicted octanol–water partition coefficient (Wildman–Crippen LogP) is 4.86. The average molecular weight is 826 g/mol. The van der Waals surface area contributed by atoms with E-state index < -0.39 is 27.8 Å². The van der Waals surface area contributed by atoms with Crippen molar-refractivity contribution in [2.75, 3.05) is 37.8 Å². The van der Waals surface area contributed by atoms with Gasteiger partial charge in [0.1, 0.15) is 12.6 Å². The predicted molar refractivity (Wildman–Crippen MR) is 227 cm³/mol. The third-order valence-electron chi connectivity index (χ3n) is 10.9. The van der Waals surface area contributed by atoms with Crippen molar-refractivity contribution in [2.45, 2.75) is 80.8 Å². The molecule has 3 N–H and O–H groups in total. The van der Waals surface area contributed by atoms with E-state index in [1.54, 1.807) is 36.2 Å². The Hall–Kier alpha value is -5.04. The summed E-state index contributed by atoms with van der Waals surface area (Å²) in [6, 6.07) is 28.3. The Bertz CT molecular complexity index is 2200. The standard InChI is InChI=1S/C45H52ClN5O6S/c1-50-24-8-23-47-36(26-32-14-19-38(20-15-32)58(2,56)57)28-42(52)49-40-22-18-34-11-6-7-12-41(34)51(45(40)55)30-43(53)48-37(29-44(50)54)27-33-16-21-39(46)35(25-33)17-13-31-9-4-3-5-10-31/h3-7,9-12,14-16,19-21,25,36-37,40,47H,8,13,17-18,22-24,26-30H2,1-2H3,(H,48,53)(H,49,52)/t36?,37-,40+/m1/s1. The number of rotatable bonds is 8. The van der Waals surface area contributed by atoms with E-state index >= 15 is 0 Å². The molecule has 2 bridgehead atoms. The summed E-state index contributed by atoms with van der Waals surface area (Å²) in [6.45, 7) is 0.651. The molecule has 0 aliphatic carbocycles. The summed E-state index contributed by atoms with van der Waals surface area (Å²) < 4.78 is 24.1. The third-order valence-corrected chi connectivity index (χ3v) is 12.4. The molecule has 0 aromatic heterocycles. The van der Waals surface area contributed by atoms with Gasteiger partial charge in [-0.15, -0.1) is 0 Å². The molecule has 2 aliphatic rings. The molecule has 1 unspecified atom stereocenters. The minimum atomic E-state index is -3.37. The third kappa shape index (κ3) is 11.8. The van der Waals surface area contributed by atoms with Crippen LogP contribution in [0.25, 0.3) is 0 Å². The molecule has 2 heterocycles. The molecular formula is C45H52ClN5O6S. The van der Waals surface area contributed by atoms with E-state index in [1.807, 2.05) is 60.7 Å². The van der Waals surface area contributed by atoms with Gasteiger partial charge in [0.2, 0.25) is 23.6 Å². The number of fused-ring (bicyclic) bond motifs is 4. The summed E-state index contributed by atoms with van der Waals surface area (Å²) in [5, 5.41) is 10.2. The zero-order valence-corrected chi connectivity index (χ0v) is 34.7. The van der Waals surface area contributed by atoms with Crippen molar-refractivity contribution in [1.82, 2.24) is 20.9 Å². The molecule has 1 fully saturated rings. The first kappa shape index (κ1) is 42.6. The Morgan fingerprint density at radius 2 is 1.47 bits per heavy atom. The number of hydrogen-bond acceptors (Lipinski definition) is 7. The molecule has 11 nitrogen and oxygen atoms in total. The van der Waals surface area contributed by atoms with Crippen molar-refractivity contribution >= 4 is 50.8 Å². The highest BCUT2D eigenvalue weighted by Crippen LogP contribution is 2.28. The second kappa shape index (κ2) is 19.6. The van der Waals surface area contributed by atoms with Gasteiger partial charge in [0, 0.05) is 55.5 Å². The van der Waals surface area contributed by atoms with Crippen LogP contribution < -0.4 is 20.9 Å². The minimum Gasteiger partial charge on any atom is -0.351 e. The fourth-order valence-electron chi connectivity index (χ4n) is 7.72. The summed E-state index contributed by atoms with van der Waals surface area (Å²) >= 11 is 6.64. The number of amides is 4. The lowest BCUT2D eigenvalue weighted by Crippen LogP contribution is -2.52. The average Bonchev–Trinajstić information content (AvgIpc) is 3.31. The molecule has 306 valence electrons. The van der Waals surface area contributed by atoms with Crippen LogP contribution in [0, 0.1) is 0 Å². The molecule has 0 saturated carbocycles. The van der Waals surface area contributed by atoms with Gasteiger partial charge < -0.3 is 25.8 Å². The van der Waals surface area contributed by atoms with E-state index in [9.17, 15) is 27.6 Å². The molecule has 0 radical (unpaired) electrons. The van der Waals surface area contributed by atoms with Crippen LogP contribution in [0.5, 0.6) is 0 Å². The smallest absolute Gasteiger partial charge is 0.250 e. The van der Waals surface area contributed by atoms with Crippen LogP contribution in [0.2, 0.25) is 5.02 Å². The van der Waals surface area contributed by atoms with E-state index in [2.05, 4.69) is 28.1 Å². The van der Waals surface area contributed by atoms with E-state index in [0.29, 0.717) is 55.9 Å². The molecule has 13 heteroatoms. The van der Waals surface area contributed by atoms with Crippen molar-refractivity contribution < 1.29 is 27.6 Å². The number of carbonyl (C=O) groups is 4. The fourth-order valence-corrected chi connectivity index (χ4v) is 8.57. The van der Waals surface area contributed by atoms with Gasteiger partial charge in [0.15, 0.2) is 9.84 Å². The van der Waals surface area contributed by atoms with E-state index in [0.717, 1.165) is 41.4 Å². The summed E-state index contributed by atoms with van der Waals surface area (Å²) in [6.07, 6.45) is 5.09. The number of nitrogens with zero attached hydrogens (tertiary/aromatic N) is 2. The number of aryl methyl sites for hydroxylation is 3. The molecule has 2 aliphatic heterocycles. The maximum Gasteiger partial charge on any atom is 0.250 e. The van der Waals surface area contributed by atoms with Crippen LogP contribution in [0.1, 0.15) is 53.5 Å². The monoisotopic (exact) mass is 825 g/mol. The van der Waals surface area contributed by atoms with Gasteiger partial charge in [-0.3, -0.25) is 19.2 Å². The molecular weight excluding hydrogens is 774 g/mol. The Morgan fingerprint density at radius 3 is 2.22 bits per heavy atom. The van der Waals surface area contributed by atoms with Crippen LogP contribution in [0.3, 0.4) is 0 Å². The molecule has 4 aromatic carbocycles. The van der Waals surface area contributed by atoms with Gasteiger partial charge in [-0.2, -0.15) is 0 Å². The highest BCUT2D eigenvalue weighted by Gasteiger charge is 2.33. The first-order valence-corrected chi connectivity index (χ1v) is 22.1. The number of para-hydroxylation sites is 1. The van der Waals surface area contributed by atoms with Gasteiger partial charge >= 0.3 is 0 Å². The van der Waals surface area contributed by atoms with Crippen molar-refractivity contribution in [3.8, 4) is 0 Å². The van der Waals surface area contributed by atoms with Gasteiger partial charge in [-0.1, -0.05) is 84.4 Å². The molecule has 4 aromatic rings. The lowest BCUT2D eigenvalue weighted by molar-refractivity contribution is -0.131. The Labute approximate surface area is 346 Å². The van der Waals surface area contributed by atoms with Crippen molar-refractivity contribution in [1.29, 1.82) is 0 Å². The first-order chi connectivity index (χ1) is 27.8. The second-order valence-electron chi connectivity index (χ2n) is 15.4. The SMILES string of the molecule is CN1CCCNC(Cc2ccc(S(C)(=O)=O)cc2)CC(=O)N[C@H]2CCc3ccccc3N(CC(=O)N[C@H](Cc3ccc(Cl)c(CCc4ccccc4)c3)CC1=O)C2=O. The van der Waals surface area contributed by atoms with E-state index in [4.69, 9.17) is 11.6 Å². The molecule has 58 heavy (non-hydrogen) atoms. The lowest BCUT2D eigenvalue weighted by atomic mass is 9.98. The van der Waals surface area contributed by atoms with E-state index in [-0.39, 0.29) is 48.0 Å². The van der Waals surface area contributed by atoms with Gasteiger partial charge in [-0.25, -0.2) is 8.42 Å². The van der Waals surface area contributed by atoms with Crippen LogP contribution in [0.4, 0.5) is 5.69 Å². The van der Waals surface area contributed by atoms with Crippen LogP contribution in [-0.2, 0) is 61.1 Å². The first-order valence-electron chi connectivity index (χ1n) is 19.9. The minimum absolute atomic E-state index is 0.0486. The van der Waals surface area contributed by atoms with Crippen molar-refractivity contribution in [3.05, 3.63) is 130 Å². The van der Waals surface area contributed by atoms with Crippen LogP contribution >= 0.6 is 11.6 Å². The second-order valence-corrected chi connectivity index (χ2v) is 17.9. The molecule has 6 rings (SSSR count). The number of hydrogen-bond donors (Lipinski definition) is 3. The Morgan fingerprint density at radius 1 is 0.759 bits per heavy atom. The number of nitrogens with one attached hydrogen (secondary N) is 3. The highest BCUT2D eigenvalue weighted by atomic mass is 35.5. The zero-order valence-electron chi connectivity index (χ0n) is 33.1. The highest BCUT2D eigenvalue weighted by molar-refractivity contribution is 7.90. The summed E-state index contributed by atoms with van der Waals surface area (Å²) in [5.74, 6) is -1.26.